The van der Waals surface area contributed by atoms with Crippen LogP contribution in [-0.4, -0.2) is 30.9 Å². The first-order chi connectivity index (χ1) is 12.5. The maximum Gasteiger partial charge on any atom is 0.573 e. The highest BCUT2D eigenvalue weighted by atomic mass is 19.4. The van der Waals surface area contributed by atoms with Gasteiger partial charge in [0.1, 0.15) is 11.5 Å². The fourth-order valence-corrected chi connectivity index (χ4v) is 3.28. The van der Waals surface area contributed by atoms with Crippen LogP contribution in [0.3, 0.4) is 0 Å². The molecule has 1 aliphatic heterocycles. The third kappa shape index (κ3) is 5.51. The number of nitrogens with zero attached hydrogens (tertiary/aromatic N) is 1. The summed E-state index contributed by atoms with van der Waals surface area (Å²) in [6, 6.07) is 9.99. The van der Waals surface area contributed by atoms with Gasteiger partial charge >= 0.3 is 6.36 Å². The molecule has 1 fully saturated rings. The second kappa shape index (κ2) is 8.60. The van der Waals surface area contributed by atoms with Crippen LogP contribution in [0.25, 0.3) is 0 Å². The van der Waals surface area contributed by atoms with Crippen LogP contribution in [-0.2, 0) is 6.54 Å². The molecule has 1 saturated heterocycles. The van der Waals surface area contributed by atoms with E-state index in [1.807, 2.05) is 12.1 Å². The number of ether oxygens (including phenoxy) is 1. The molecule has 26 heavy (non-hydrogen) atoms. The van der Waals surface area contributed by atoms with Gasteiger partial charge in [0.15, 0.2) is 0 Å². The highest BCUT2D eigenvalue weighted by Crippen LogP contribution is 2.25. The van der Waals surface area contributed by atoms with Crippen molar-refractivity contribution in [2.45, 2.75) is 38.2 Å². The maximum atomic E-state index is 12.2. The van der Waals surface area contributed by atoms with Crippen LogP contribution in [0.4, 0.5) is 13.2 Å². The first-order valence-corrected chi connectivity index (χ1v) is 8.84. The molecule has 0 spiro atoms. The minimum Gasteiger partial charge on any atom is -0.468 e. The summed E-state index contributed by atoms with van der Waals surface area (Å²) in [5.74, 6) is 0.733. The van der Waals surface area contributed by atoms with Crippen LogP contribution < -0.4 is 10.1 Å². The molecule has 1 unspecified atom stereocenters. The second-order valence-corrected chi connectivity index (χ2v) is 6.45. The van der Waals surface area contributed by atoms with Crippen molar-refractivity contribution in [1.29, 1.82) is 0 Å². The Morgan fingerprint density at radius 1 is 1.08 bits per heavy atom. The predicted molar refractivity (Wildman–Crippen MR) is 91.7 cm³/mol. The number of halogens is 3. The number of benzene rings is 1. The van der Waals surface area contributed by atoms with Gasteiger partial charge in [-0.05, 0) is 55.8 Å². The summed E-state index contributed by atoms with van der Waals surface area (Å²) in [5, 5.41) is 3.39. The molecule has 1 aliphatic rings. The van der Waals surface area contributed by atoms with E-state index in [0.717, 1.165) is 24.4 Å². The number of hydrogen-bond acceptors (Lipinski definition) is 4. The Kier molecular flexibility index (Phi) is 6.21. The summed E-state index contributed by atoms with van der Waals surface area (Å²) in [4.78, 5) is 2.43. The fraction of sp³-hybridized carbons (Fsp3) is 0.474. The van der Waals surface area contributed by atoms with Gasteiger partial charge in [0.25, 0.3) is 0 Å². The van der Waals surface area contributed by atoms with Crippen LogP contribution in [0.15, 0.2) is 47.1 Å². The third-order valence-corrected chi connectivity index (χ3v) is 4.53. The summed E-state index contributed by atoms with van der Waals surface area (Å²) in [6.45, 7) is 3.39. The Labute approximate surface area is 150 Å². The van der Waals surface area contributed by atoms with E-state index in [1.54, 1.807) is 18.4 Å². The van der Waals surface area contributed by atoms with Crippen molar-refractivity contribution in [3.05, 3.63) is 54.0 Å². The number of rotatable bonds is 7. The number of likely N-dealkylation sites (tertiary alicyclic amines) is 1. The van der Waals surface area contributed by atoms with Gasteiger partial charge in [-0.1, -0.05) is 18.6 Å². The second-order valence-electron chi connectivity index (χ2n) is 6.45. The van der Waals surface area contributed by atoms with Crippen molar-refractivity contribution in [1.82, 2.24) is 10.2 Å². The van der Waals surface area contributed by atoms with E-state index in [-0.39, 0.29) is 11.8 Å². The van der Waals surface area contributed by atoms with Crippen molar-refractivity contribution in [2.75, 3.05) is 19.6 Å². The smallest absolute Gasteiger partial charge is 0.468 e. The van der Waals surface area contributed by atoms with E-state index in [1.165, 1.54) is 31.4 Å². The summed E-state index contributed by atoms with van der Waals surface area (Å²) in [5.41, 5.74) is 0.899. The largest absolute Gasteiger partial charge is 0.573 e. The zero-order valence-electron chi connectivity index (χ0n) is 14.5. The molecule has 1 aromatic heterocycles. The quantitative estimate of drug-likeness (QED) is 0.781. The Morgan fingerprint density at radius 3 is 2.42 bits per heavy atom. The Morgan fingerprint density at radius 2 is 1.81 bits per heavy atom. The molecular weight excluding hydrogens is 345 g/mol. The molecule has 1 aromatic carbocycles. The lowest BCUT2D eigenvalue weighted by Crippen LogP contribution is -2.38. The summed E-state index contributed by atoms with van der Waals surface area (Å²) in [7, 11) is 0. The lowest BCUT2D eigenvalue weighted by molar-refractivity contribution is -0.274. The molecule has 0 bridgehead atoms. The first-order valence-electron chi connectivity index (χ1n) is 8.84. The molecule has 1 atom stereocenters. The third-order valence-electron chi connectivity index (χ3n) is 4.53. The maximum absolute atomic E-state index is 12.2. The van der Waals surface area contributed by atoms with Crippen LogP contribution in [0, 0.1) is 0 Å². The lowest BCUT2D eigenvalue weighted by atomic mass is 10.1. The standard InChI is InChI=1S/C19H23F3N2O2/c20-19(21,22)26-16-8-6-15(7-9-16)13-23-14-17(18-5-4-12-25-18)24-10-2-1-3-11-24/h4-9,12,17,23H,1-3,10-11,13-14H2. The Hall–Kier alpha value is -1.99. The lowest BCUT2D eigenvalue weighted by Gasteiger charge is -2.33. The van der Waals surface area contributed by atoms with Crippen LogP contribution in [0.1, 0.15) is 36.6 Å². The molecule has 0 aliphatic carbocycles. The van der Waals surface area contributed by atoms with Crippen LogP contribution >= 0.6 is 0 Å². The monoisotopic (exact) mass is 368 g/mol. The fourth-order valence-electron chi connectivity index (χ4n) is 3.28. The first kappa shape index (κ1) is 18.8. The van der Waals surface area contributed by atoms with Gasteiger partial charge in [-0.3, -0.25) is 4.90 Å². The van der Waals surface area contributed by atoms with E-state index in [4.69, 9.17) is 4.42 Å². The van der Waals surface area contributed by atoms with Crippen LogP contribution in [0.2, 0.25) is 0 Å². The van der Waals surface area contributed by atoms with E-state index >= 15 is 0 Å². The molecule has 1 N–H and O–H groups in total. The van der Waals surface area contributed by atoms with Gasteiger partial charge in [-0.15, -0.1) is 13.2 Å². The van der Waals surface area contributed by atoms with Gasteiger partial charge in [-0.2, -0.15) is 0 Å². The summed E-state index contributed by atoms with van der Waals surface area (Å²) in [6.07, 6.45) is 0.674. The zero-order chi connectivity index (χ0) is 18.4. The molecule has 0 radical (unpaired) electrons. The van der Waals surface area contributed by atoms with E-state index < -0.39 is 6.36 Å². The number of hydrogen-bond donors (Lipinski definition) is 1. The molecule has 2 aromatic rings. The Bertz CT molecular complexity index is 650. The van der Waals surface area contributed by atoms with E-state index in [2.05, 4.69) is 15.0 Å². The number of piperidine rings is 1. The Balaban J connectivity index is 1.54. The molecular formula is C19H23F3N2O2. The van der Waals surface area contributed by atoms with Crippen molar-refractivity contribution in [3.63, 3.8) is 0 Å². The molecule has 3 rings (SSSR count). The normalized spacial score (nSPS) is 17.2. The topological polar surface area (TPSA) is 37.6 Å². The number of furan rings is 1. The minimum absolute atomic E-state index is 0.165. The average molecular weight is 368 g/mol. The van der Waals surface area contributed by atoms with Crippen molar-refractivity contribution in [2.24, 2.45) is 0 Å². The van der Waals surface area contributed by atoms with Crippen LogP contribution in [0.5, 0.6) is 5.75 Å². The predicted octanol–water partition coefficient (Wildman–Crippen LogP) is 4.50. The number of nitrogens with one attached hydrogen (secondary N) is 1. The summed E-state index contributed by atoms with van der Waals surface area (Å²) < 4.78 is 46.1. The van der Waals surface area contributed by atoms with Gasteiger partial charge in [-0.25, -0.2) is 0 Å². The molecule has 0 saturated carbocycles. The molecule has 0 amide bonds. The SMILES string of the molecule is FC(F)(F)Oc1ccc(CNCC(c2ccco2)N2CCCCC2)cc1. The van der Waals surface area contributed by atoms with Crippen molar-refractivity contribution < 1.29 is 22.3 Å². The number of alkyl halides is 3. The van der Waals surface area contributed by atoms with Gasteiger partial charge in [0.05, 0.1) is 12.3 Å². The van der Waals surface area contributed by atoms with Crippen molar-refractivity contribution in [3.8, 4) is 5.75 Å². The summed E-state index contributed by atoms with van der Waals surface area (Å²) >= 11 is 0. The minimum atomic E-state index is -4.66. The van der Waals surface area contributed by atoms with Gasteiger partial charge in [0, 0.05) is 13.1 Å². The van der Waals surface area contributed by atoms with Crippen molar-refractivity contribution >= 4 is 0 Å². The molecule has 7 heteroatoms. The van der Waals surface area contributed by atoms with Gasteiger partial charge in [0.2, 0.25) is 0 Å². The highest BCUT2D eigenvalue weighted by Gasteiger charge is 2.31. The van der Waals surface area contributed by atoms with E-state index in [9.17, 15) is 13.2 Å². The molecule has 4 nitrogen and oxygen atoms in total. The van der Waals surface area contributed by atoms with E-state index in [0.29, 0.717) is 13.1 Å². The average Bonchev–Trinajstić information content (AvgIpc) is 3.14. The zero-order valence-corrected chi connectivity index (χ0v) is 14.5. The highest BCUT2D eigenvalue weighted by molar-refractivity contribution is 5.27. The molecule has 2 heterocycles. The molecule has 142 valence electrons. The van der Waals surface area contributed by atoms with Gasteiger partial charge < -0.3 is 14.5 Å².